The van der Waals surface area contributed by atoms with Crippen molar-refractivity contribution < 1.29 is 8.42 Å². The lowest BCUT2D eigenvalue weighted by Gasteiger charge is -2.10. The molecule has 0 unspecified atom stereocenters. The fraction of sp³-hybridized carbons (Fsp3) is 0.333. The van der Waals surface area contributed by atoms with E-state index in [0.29, 0.717) is 22.3 Å². The van der Waals surface area contributed by atoms with Crippen LogP contribution in [0.15, 0.2) is 47.4 Å². The summed E-state index contributed by atoms with van der Waals surface area (Å²) in [5, 5.41) is 0. The van der Waals surface area contributed by atoms with Gasteiger partial charge in [0.05, 0.1) is 4.90 Å². The maximum absolute atomic E-state index is 12.4. The lowest BCUT2D eigenvalue weighted by atomic mass is 10.0. The first-order chi connectivity index (χ1) is 10.8. The lowest BCUT2D eigenvalue weighted by molar-refractivity contribution is 0.610. The number of nitrogen functional groups attached to an aromatic ring is 1. The zero-order chi connectivity index (χ0) is 17.0. The van der Waals surface area contributed by atoms with Crippen LogP contribution in [-0.2, 0) is 21.0 Å². The minimum Gasteiger partial charge on any atom is -0.399 e. The predicted molar refractivity (Wildman–Crippen MR) is 99.1 cm³/mol. The minimum atomic E-state index is -3.35. The van der Waals surface area contributed by atoms with Crippen molar-refractivity contribution in [1.82, 2.24) is 0 Å². The van der Waals surface area contributed by atoms with Crippen LogP contribution in [0.3, 0.4) is 0 Å². The standard InChI is InChI=1S/C18H23NO2S2/c1-13(2)8-15-9-16(11-17(19)10-15)12-22-23(20,21)18-6-4-14(3)5-7-18/h4-7,9-11,13H,8,12,19H2,1-3H3. The molecular formula is C18H23NO2S2. The third-order valence-electron chi connectivity index (χ3n) is 3.41. The Hall–Kier alpha value is -1.46. The molecule has 0 bridgehead atoms. The molecule has 0 aliphatic rings. The first-order valence-corrected chi connectivity index (χ1v) is 10.6. The average molecular weight is 350 g/mol. The maximum Gasteiger partial charge on any atom is 0.230 e. The van der Waals surface area contributed by atoms with Crippen molar-refractivity contribution >= 4 is 25.4 Å². The third kappa shape index (κ3) is 5.29. The minimum absolute atomic E-state index is 0.347. The molecule has 0 saturated heterocycles. The monoisotopic (exact) mass is 349 g/mol. The number of anilines is 1. The van der Waals surface area contributed by atoms with Crippen LogP contribution in [-0.4, -0.2) is 8.42 Å². The Labute approximate surface area is 142 Å². The quantitative estimate of drug-likeness (QED) is 0.620. The molecule has 0 saturated carbocycles. The highest BCUT2D eigenvalue weighted by atomic mass is 33.1. The van der Waals surface area contributed by atoms with E-state index in [1.807, 2.05) is 37.3 Å². The van der Waals surface area contributed by atoms with Crippen molar-refractivity contribution in [3.8, 4) is 0 Å². The molecule has 0 radical (unpaired) electrons. The molecule has 23 heavy (non-hydrogen) atoms. The molecule has 2 aromatic carbocycles. The number of benzene rings is 2. The Morgan fingerprint density at radius 3 is 2.26 bits per heavy atom. The van der Waals surface area contributed by atoms with E-state index in [1.165, 1.54) is 0 Å². The second-order valence-electron chi connectivity index (χ2n) is 6.21. The fourth-order valence-corrected chi connectivity index (χ4v) is 5.06. The summed E-state index contributed by atoms with van der Waals surface area (Å²) in [7, 11) is -2.40. The van der Waals surface area contributed by atoms with E-state index in [9.17, 15) is 8.42 Å². The summed E-state index contributed by atoms with van der Waals surface area (Å²) in [5.74, 6) is 0.931. The summed E-state index contributed by atoms with van der Waals surface area (Å²) in [6.07, 6.45) is 0.938. The third-order valence-corrected chi connectivity index (χ3v) is 6.88. The summed E-state index contributed by atoms with van der Waals surface area (Å²) in [5.41, 5.74) is 9.78. The van der Waals surface area contributed by atoms with E-state index in [4.69, 9.17) is 5.73 Å². The molecule has 0 aliphatic carbocycles. The highest BCUT2D eigenvalue weighted by molar-refractivity contribution is 8.71. The molecule has 0 aliphatic heterocycles. The molecule has 2 N–H and O–H groups in total. The summed E-state index contributed by atoms with van der Waals surface area (Å²) >= 11 is 0. The van der Waals surface area contributed by atoms with Crippen LogP contribution >= 0.6 is 10.8 Å². The first-order valence-electron chi connectivity index (χ1n) is 7.60. The van der Waals surface area contributed by atoms with E-state index in [2.05, 4.69) is 13.8 Å². The van der Waals surface area contributed by atoms with Gasteiger partial charge in [0.15, 0.2) is 0 Å². The Morgan fingerprint density at radius 1 is 1.04 bits per heavy atom. The zero-order valence-electron chi connectivity index (χ0n) is 13.7. The molecule has 0 atom stereocenters. The number of hydrogen-bond acceptors (Lipinski definition) is 4. The number of rotatable bonds is 6. The van der Waals surface area contributed by atoms with Crippen molar-refractivity contribution in [3.63, 3.8) is 0 Å². The van der Waals surface area contributed by atoms with Gasteiger partial charge in [0, 0.05) is 11.4 Å². The normalized spacial score (nSPS) is 11.8. The highest BCUT2D eigenvalue weighted by Gasteiger charge is 2.15. The number of aryl methyl sites for hydroxylation is 1. The second kappa shape index (κ2) is 7.41. The van der Waals surface area contributed by atoms with Crippen molar-refractivity contribution in [1.29, 1.82) is 0 Å². The van der Waals surface area contributed by atoms with E-state index < -0.39 is 8.87 Å². The Balaban J connectivity index is 2.13. The van der Waals surface area contributed by atoms with E-state index >= 15 is 0 Å². The molecule has 0 fully saturated rings. The molecule has 2 aromatic rings. The summed E-state index contributed by atoms with van der Waals surface area (Å²) < 4.78 is 24.8. The van der Waals surface area contributed by atoms with Crippen LogP contribution in [0.4, 0.5) is 5.69 Å². The SMILES string of the molecule is Cc1ccc(S(=O)(=O)SCc2cc(N)cc(CC(C)C)c2)cc1. The lowest BCUT2D eigenvalue weighted by Crippen LogP contribution is -1.99. The van der Waals surface area contributed by atoms with Crippen LogP contribution in [0.1, 0.15) is 30.5 Å². The molecule has 0 amide bonds. The molecule has 5 heteroatoms. The molecule has 0 spiro atoms. The topological polar surface area (TPSA) is 60.2 Å². The summed E-state index contributed by atoms with van der Waals surface area (Å²) in [6, 6.07) is 12.8. The molecule has 0 heterocycles. The van der Waals surface area contributed by atoms with Crippen LogP contribution in [0, 0.1) is 12.8 Å². The van der Waals surface area contributed by atoms with E-state index in [-0.39, 0.29) is 0 Å². The Morgan fingerprint density at radius 2 is 1.65 bits per heavy atom. The van der Waals surface area contributed by atoms with Crippen molar-refractivity contribution in [3.05, 3.63) is 59.2 Å². The van der Waals surface area contributed by atoms with Gasteiger partial charge in [-0.05, 0) is 65.4 Å². The Bertz CT molecular complexity index is 766. The van der Waals surface area contributed by atoms with Gasteiger partial charge in [-0.25, -0.2) is 8.42 Å². The van der Waals surface area contributed by atoms with Crippen LogP contribution in [0.2, 0.25) is 0 Å². The molecule has 3 nitrogen and oxygen atoms in total. The largest absolute Gasteiger partial charge is 0.399 e. The first kappa shape index (κ1) is 17.9. The van der Waals surface area contributed by atoms with Gasteiger partial charge >= 0.3 is 0 Å². The van der Waals surface area contributed by atoms with Crippen molar-refractivity contribution in [2.75, 3.05) is 5.73 Å². The smallest absolute Gasteiger partial charge is 0.230 e. The van der Waals surface area contributed by atoms with Crippen LogP contribution < -0.4 is 5.73 Å². The van der Waals surface area contributed by atoms with Crippen molar-refractivity contribution in [2.45, 2.75) is 37.8 Å². The van der Waals surface area contributed by atoms with Gasteiger partial charge in [0.25, 0.3) is 0 Å². The summed E-state index contributed by atoms with van der Waals surface area (Å²) in [4.78, 5) is 0.347. The zero-order valence-corrected chi connectivity index (χ0v) is 15.4. The highest BCUT2D eigenvalue weighted by Crippen LogP contribution is 2.28. The number of nitrogens with two attached hydrogens (primary N) is 1. The van der Waals surface area contributed by atoms with Gasteiger partial charge < -0.3 is 5.73 Å². The van der Waals surface area contributed by atoms with E-state index in [0.717, 1.165) is 33.9 Å². The van der Waals surface area contributed by atoms with E-state index in [1.54, 1.807) is 12.1 Å². The van der Waals surface area contributed by atoms with Gasteiger partial charge in [0.2, 0.25) is 8.87 Å². The number of hydrogen-bond donors (Lipinski definition) is 1. The van der Waals surface area contributed by atoms with Gasteiger partial charge in [0.1, 0.15) is 0 Å². The maximum atomic E-state index is 12.4. The molecule has 124 valence electrons. The van der Waals surface area contributed by atoms with Crippen LogP contribution in [0.5, 0.6) is 0 Å². The van der Waals surface area contributed by atoms with Gasteiger partial charge in [-0.15, -0.1) is 0 Å². The van der Waals surface area contributed by atoms with Gasteiger partial charge in [-0.2, -0.15) is 0 Å². The van der Waals surface area contributed by atoms with Gasteiger partial charge in [-0.3, -0.25) is 0 Å². The average Bonchev–Trinajstić information content (AvgIpc) is 2.44. The summed E-state index contributed by atoms with van der Waals surface area (Å²) in [6.45, 7) is 6.24. The molecular weight excluding hydrogens is 326 g/mol. The molecule has 0 aromatic heterocycles. The van der Waals surface area contributed by atoms with Crippen molar-refractivity contribution in [2.24, 2.45) is 5.92 Å². The van der Waals surface area contributed by atoms with Crippen LogP contribution in [0.25, 0.3) is 0 Å². The van der Waals surface area contributed by atoms with Gasteiger partial charge in [-0.1, -0.05) is 37.6 Å². The molecule has 2 rings (SSSR count). The fourth-order valence-electron chi connectivity index (χ4n) is 2.38. The predicted octanol–water partition coefficient (Wildman–Crippen LogP) is 4.40. The Kier molecular flexibility index (Phi) is 5.76. The second-order valence-corrected chi connectivity index (χ2v) is 10.1.